The average molecular weight is 278 g/mol. The molecular formula is C14H18N2O2S. The fourth-order valence-corrected chi connectivity index (χ4v) is 2.13. The topological polar surface area (TPSA) is 61.2 Å². The molecule has 0 fully saturated rings. The third kappa shape index (κ3) is 2.87. The summed E-state index contributed by atoms with van der Waals surface area (Å²) in [6.07, 6.45) is 1.67. The zero-order chi connectivity index (χ0) is 14.0. The molecule has 102 valence electrons. The minimum atomic E-state index is -0.311. The van der Waals surface area contributed by atoms with Crippen molar-refractivity contribution in [3.63, 3.8) is 0 Å². The first-order valence-electron chi connectivity index (χ1n) is 6.30. The van der Waals surface area contributed by atoms with E-state index in [1.807, 2.05) is 32.0 Å². The molecule has 19 heavy (non-hydrogen) atoms. The highest BCUT2D eigenvalue weighted by atomic mass is 32.1. The van der Waals surface area contributed by atoms with Gasteiger partial charge in [-0.25, -0.2) is 4.79 Å². The lowest BCUT2D eigenvalue weighted by Crippen LogP contribution is -2.30. The molecule has 2 N–H and O–H groups in total. The Morgan fingerprint density at radius 2 is 2.11 bits per heavy atom. The summed E-state index contributed by atoms with van der Waals surface area (Å²) in [6.45, 7) is 4.65. The highest BCUT2D eigenvalue weighted by Crippen LogP contribution is 2.23. The van der Waals surface area contributed by atoms with Crippen LogP contribution in [0.4, 0.5) is 0 Å². The summed E-state index contributed by atoms with van der Waals surface area (Å²) in [5.41, 5.74) is 6.97. The van der Waals surface area contributed by atoms with Gasteiger partial charge in [0.1, 0.15) is 0 Å². The van der Waals surface area contributed by atoms with E-state index in [0.717, 1.165) is 18.4 Å². The van der Waals surface area contributed by atoms with Crippen LogP contribution in [-0.4, -0.2) is 9.56 Å². The Morgan fingerprint density at radius 1 is 1.42 bits per heavy atom. The molecule has 0 atom stereocenters. The van der Waals surface area contributed by atoms with Gasteiger partial charge in [-0.15, -0.1) is 0 Å². The van der Waals surface area contributed by atoms with Gasteiger partial charge in [0.25, 0.3) is 0 Å². The van der Waals surface area contributed by atoms with Crippen LogP contribution >= 0.6 is 12.2 Å². The molecule has 0 spiro atoms. The standard InChI is InChI=1S/C14H18N2O2S/c1-14(2,12(15)19)8-5-9-16-10-6-3-4-7-11(10)18-13(16)17/h3-4,6-7H,5,8-9H2,1-2H3,(H2,15,19). The number of fused-ring (bicyclic) bond motifs is 1. The average Bonchev–Trinajstić information content (AvgIpc) is 2.65. The maximum atomic E-state index is 11.8. The van der Waals surface area contributed by atoms with E-state index in [9.17, 15) is 4.79 Å². The van der Waals surface area contributed by atoms with Crippen LogP contribution in [0.1, 0.15) is 26.7 Å². The van der Waals surface area contributed by atoms with Crippen molar-refractivity contribution in [2.45, 2.75) is 33.2 Å². The van der Waals surface area contributed by atoms with E-state index in [0.29, 0.717) is 17.1 Å². The van der Waals surface area contributed by atoms with E-state index in [4.69, 9.17) is 22.4 Å². The molecule has 0 bridgehead atoms. The van der Waals surface area contributed by atoms with Gasteiger partial charge in [0.05, 0.1) is 10.5 Å². The quantitative estimate of drug-likeness (QED) is 0.854. The van der Waals surface area contributed by atoms with Crippen LogP contribution in [0.5, 0.6) is 0 Å². The van der Waals surface area contributed by atoms with Crippen molar-refractivity contribution in [2.75, 3.05) is 0 Å². The van der Waals surface area contributed by atoms with Crippen molar-refractivity contribution in [2.24, 2.45) is 11.1 Å². The molecule has 5 heteroatoms. The summed E-state index contributed by atoms with van der Waals surface area (Å²) in [5, 5.41) is 0. The summed E-state index contributed by atoms with van der Waals surface area (Å²) in [4.78, 5) is 12.3. The smallest absolute Gasteiger partial charge is 0.408 e. The maximum Gasteiger partial charge on any atom is 0.419 e. The number of aryl methyl sites for hydroxylation is 1. The predicted molar refractivity (Wildman–Crippen MR) is 80.3 cm³/mol. The molecule has 0 aliphatic carbocycles. The van der Waals surface area contributed by atoms with Crippen LogP contribution < -0.4 is 11.5 Å². The number of nitrogens with two attached hydrogens (primary N) is 1. The van der Waals surface area contributed by atoms with Crippen LogP contribution in [0, 0.1) is 5.41 Å². The Morgan fingerprint density at radius 3 is 2.79 bits per heavy atom. The first kappa shape index (κ1) is 13.8. The molecule has 0 unspecified atom stereocenters. The van der Waals surface area contributed by atoms with Crippen molar-refractivity contribution in [3.05, 3.63) is 34.8 Å². The van der Waals surface area contributed by atoms with Crippen LogP contribution in [0.15, 0.2) is 33.5 Å². The van der Waals surface area contributed by atoms with Gasteiger partial charge in [0.2, 0.25) is 0 Å². The number of benzene rings is 1. The summed E-state index contributed by atoms with van der Waals surface area (Å²) in [6, 6.07) is 7.43. The van der Waals surface area contributed by atoms with Gasteiger partial charge in [-0.1, -0.05) is 38.2 Å². The zero-order valence-corrected chi connectivity index (χ0v) is 12.0. The van der Waals surface area contributed by atoms with Crippen molar-refractivity contribution in [1.29, 1.82) is 0 Å². The molecule has 0 aliphatic heterocycles. The summed E-state index contributed by atoms with van der Waals surface area (Å²) < 4.78 is 6.84. The van der Waals surface area contributed by atoms with Gasteiger partial charge in [0, 0.05) is 12.0 Å². The number of rotatable bonds is 5. The number of oxazole rings is 1. The summed E-state index contributed by atoms with van der Waals surface area (Å²) in [7, 11) is 0. The number of thiocarbonyl (C=S) groups is 1. The molecule has 0 radical (unpaired) electrons. The number of para-hydroxylation sites is 2. The normalized spacial score (nSPS) is 11.9. The maximum absolute atomic E-state index is 11.8. The molecule has 0 saturated carbocycles. The molecule has 0 aliphatic rings. The minimum absolute atomic E-state index is 0.182. The number of hydrogen-bond donors (Lipinski definition) is 1. The molecular weight excluding hydrogens is 260 g/mol. The largest absolute Gasteiger partial charge is 0.419 e. The monoisotopic (exact) mass is 278 g/mol. The molecule has 2 aromatic rings. The lowest BCUT2D eigenvalue weighted by molar-refractivity contribution is 0.423. The molecule has 1 aromatic carbocycles. The molecule has 1 aromatic heterocycles. The van der Waals surface area contributed by atoms with Crippen molar-refractivity contribution in [1.82, 2.24) is 4.57 Å². The molecule has 1 heterocycles. The molecule has 4 nitrogen and oxygen atoms in total. The van der Waals surface area contributed by atoms with Crippen LogP contribution in [-0.2, 0) is 6.54 Å². The van der Waals surface area contributed by atoms with Crippen molar-refractivity contribution < 1.29 is 4.42 Å². The van der Waals surface area contributed by atoms with Gasteiger partial charge in [-0.05, 0) is 25.0 Å². The van der Waals surface area contributed by atoms with E-state index in [1.165, 1.54) is 0 Å². The van der Waals surface area contributed by atoms with Gasteiger partial charge >= 0.3 is 5.76 Å². The van der Waals surface area contributed by atoms with Crippen molar-refractivity contribution >= 4 is 28.3 Å². The SMILES string of the molecule is CC(C)(CCCn1c(=O)oc2ccccc21)C(N)=S. The lowest BCUT2D eigenvalue weighted by Gasteiger charge is -2.22. The first-order chi connectivity index (χ1) is 8.92. The Labute approximate surface area is 117 Å². The van der Waals surface area contributed by atoms with Gasteiger partial charge in [-0.2, -0.15) is 0 Å². The van der Waals surface area contributed by atoms with Crippen molar-refractivity contribution in [3.8, 4) is 0 Å². The number of aromatic nitrogens is 1. The molecule has 0 amide bonds. The Bertz CT molecular complexity index is 655. The second kappa shape index (κ2) is 5.17. The third-order valence-corrected chi connectivity index (χ3v) is 3.98. The number of hydrogen-bond acceptors (Lipinski definition) is 3. The van der Waals surface area contributed by atoms with Gasteiger partial charge in [0.15, 0.2) is 5.58 Å². The molecule has 0 saturated heterocycles. The lowest BCUT2D eigenvalue weighted by atomic mass is 9.88. The Hall–Kier alpha value is -1.62. The van der Waals surface area contributed by atoms with E-state index >= 15 is 0 Å². The van der Waals surface area contributed by atoms with E-state index in [2.05, 4.69) is 0 Å². The highest BCUT2D eigenvalue weighted by Gasteiger charge is 2.21. The van der Waals surface area contributed by atoms with Gasteiger partial charge < -0.3 is 10.2 Å². The predicted octanol–water partition coefficient (Wildman–Crippen LogP) is 2.69. The third-order valence-electron chi connectivity index (χ3n) is 3.42. The Kier molecular flexibility index (Phi) is 3.75. The fourth-order valence-electron chi connectivity index (χ4n) is 2.03. The molecule has 2 rings (SSSR count). The van der Waals surface area contributed by atoms with Crippen LogP contribution in [0.3, 0.4) is 0 Å². The minimum Gasteiger partial charge on any atom is -0.408 e. The fraction of sp³-hybridized carbons (Fsp3) is 0.429. The highest BCUT2D eigenvalue weighted by molar-refractivity contribution is 7.80. The van der Waals surface area contributed by atoms with E-state index in [-0.39, 0.29) is 11.2 Å². The second-order valence-electron chi connectivity index (χ2n) is 5.34. The van der Waals surface area contributed by atoms with E-state index in [1.54, 1.807) is 10.6 Å². The number of nitrogens with zero attached hydrogens (tertiary/aromatic N) is 1. The van der Waals surface area contributed by atoms with Gasteiger partial charge in [-0.3, -0.25) is 4.57 Å². The van der Waals surface area contributed by atoms with Crippen LogP contribution in [0.2, 0.25) is 0 Å². The van der Waals surface area contributed by atoms with E-state index < -0.39 is 0 Å². The summed E-state index contributed by atoms with van der Waals surface area (Å²) in [5.74, 6) is -0.311. The van der Waals surface area contributed by atoms with Crippen LogP contribution in [0.25, 0.3) is 11.1 Å². The Balaban J connectivity index is 2.13. The zero-order valence-electron chi connectivity index (χ0n) is 11.2. The second-order valence-corrected chi connectivity index (χ2v) is 5.78. The summed E-state index contributed by atoms with van der Waals surface area (Å²) >= 11 is 5.04. The first-order valence-corrected chi connectivity index (χ1v) is 6.71.